The Bertz CT molecular complexity index is 790. The van der Waals surface area contributed by atoms with Gasteiger partial charge in [0.15, 0.2) is 0 Å². The number of hydrogen-bond donors (Lipinski definition) is 0. The van der Waals surface area contributed by atoms with E-state index >= 15 is 0 Å². The van der Waals surface area contributed by atoms with Crippen molar-refractivity contribution in [1.29, 1.82) is 0 Å². The monoisotopic (exact) mass is 320 g/mol. The summed E-state index contributed by atoms with van der Waals surface area (Å²) in [5.41, 5.74) is 1.67. The van der Waals surface area contributed by atoms with Crippen molar-refractivity contribution in [2.75, 3.05) is 0 Å². The van der Waals surface area contributed by atoms with Crippen molar-refractivity contribution in [3.05, 3.63) is 72.2 Å². The number of hydrogen-bond acceptors (Lipinski definition) is 1. The molecule has 0 saturated heterocycles. The molecule has 6 heteroatoms. The summed E-state index contributed by atoms with van der Waals surface area (Å²) in [6.45, 7) is 0. The van der Waals surface area contributed by atoms with E-state index in [1.54, 1.807) is 24.3 Å². The Labute approximate surface area is 130 Å². The molecule has 0 spiro atoms. The maximum absolute atomic E-state index is 13.1. The molecule has 0 atom stereocenters. The molecule has 0 N–H and O–H groups in total. The third-order valence-corrected chi connectivity index (χ3v) is 3.28. The second-order valence-corrected chi connectivity index (χ2v) is 5.07. The highest BCUT2D eigenvalue weighted by Crippen LogP contribution is 2.27. The lowest BCUT2D eigenvalue weighted by molar-refractivity contribution is -0.127. The first-order chi connectivity index (χ1) is 10.9. The molecule has 3 aromatic rings. The van der Waals surface area contributed by atoms with E-state index in [9.17, 15) is 17.6 Å². The molecule has 23 heavy (non-hydrogen) atoms. The van der Waals surface area contributed by atoms with E-state index in [1.165, 1.54) is 35.0 Å². The predicted octanol–water partition coefficient (Wildman–Crippen LogP) is 4.78. The standard InChI is InChI=1S/C17H12F4N2/c18-13-6-8-15(9-7-13)23-16(12-4-2-1-3-5-12)10-14(22-23)11-17(19,20)21/h1-10H,11H2. The molecule has 3 rings (SSSR count). The van der Waals surface area contributed by atoms with E-state index in [0.29, 0.717) is 11.4 Å². The summed E-state index contributed by atoms with van der Waals surface area (Å²) < 4.78 is 52.4. The molecule has 1 heterocycles. The number of aromatic nitrogens is 2. The van der Waals surface area contributed by atoms with Crippen molar-refractivity contribution in [3.8, 4) is 16.9 Å². The van der Waals surface area contributed by atoms with E-state index in [0.717, 1.165) is 5.56 Å². The fourth-order valence-corrected chi connectivity index (χ4v) is 2.32. The van der Waals surface area contributed by atoms with Crippen LogP contribution in [-0.4, -0.2) is 16.0 Å². The highest BCUT2D eigenvalue weighted by atomic mass is 19.4. The third kappa shape index (κ3) is 3.59. The van der Waals surface area contributed by atoms with Crippen molar-refractivity contribution in [2.45, 2.75) is 12.6 Å². The van der Waals surface area contributed by atoms with E-state index in [2.05, 4.69) is 5.10 Å². The van der Waals surface area contributed by atoms with Gasteiger partial charge in [0.25, 0.3) is 0 Å². The van der Waals surface area contributed by atoms with E-state index < -0.39 is 18.4 Å². The van der Waals surface area contributed by atoms with Crippen LogP contribution < -0.4 is 0 Å². The minimum Gasteiger partial charge on any atom is -0.233 e. The molecule has 2 aromatic carbocycles. The number of benzene rings is 2. The zero-order valence-corrected chi connectivity index (χ0v) is 11.9. The van der Waals surface area contributed by atoms with Gasteiger partial charge in [-0.15, -0.1) is 0 Å². The summed E-state index contributed by atoms with van der Waals surface area (Å²) in [7, 11) is 0. The van der Waals surface area contributed by atoms with Gasteiger partial charge in [-0.25, -0.2) is 9.07 Å². The first-order valence-electron chi connectivity index (χ1n) is 6.89. The molecule has 1 aromatic heterocycles. The van der Waals surface area contributed by atoms with Gasteiger partial charge < -0.3 is 0 Å². The highest BCUT2D eigenvalue weighted by Gasteiger charge is 2.29. The van der Waals surface area contributed by atoms with Gasteiger partial charge in [-0.1, -0.05) is 30.3 Å². The smallest absolute Gasteiger partial charge is 0.233 e. The molecular weight excluding hydrogens is 308 g/mol. The van der Waals surface area contributed by atoms with Gasteiger partial charge in [-0.3, -0.25) is 0 Å². The zero-order valence-electron chi connectivity index (χ0n) is 11.9. The van der Waals surface area contributed by atoms with Gasteiger partial charge in [-0.2, -0.15) is 18.3 Å². The van der Waals surface area contributed by atoms with Gasteiger partial charge in [0.05, 0.1) is 23.5 Å². The number of nitrogens with zero attached hydrogens (tertiary/aromatic N) is 2. The minimum atomic E-state index is -4.34. The largest absolute Gasteiger partial charge is 0.394 e. The van der Waals surface area contributed by atoms with Gasteiger partial charge in [-0.05, 0) is 30.3 Å². The second-order valence-electron chi connectivity index (χ2n) is 5.07. The van der Waals surface area contributed by atoms with Crippen molar-refractivity contribution < 1.29 is 17.6 Å². The molecule has 0 radical (unpaired) electrons. The van der Waals surface area contributed by atoms with Crippen LogP contribution >= 0.6 is 0 Å². The normalized spacial score (nSPS) is 11.7. The maximum Gasteiger partial charge on any atom is 0.394 e. The van der Waals surface area contributed by atoms with Crippen LogP contribution in [0.2, 0.25) is 0 Å². The Morgan fingerprint density at radius 2 is 1.57 bits per heavy atom. The Balaban J connectivity index is 2.10. The van der Waals surface area contributed by atoms with Crippen LogP contribution in [0, 0.1) is 5.82 Å². The third-order valence-electron chi connectivity index (χ3n) is 3.28. The molecule has 0 aliphatic rings. The quantitative estimate of drug-likeness (QED) is 0.635. The molecule has 0 unspecified atom stereocenters. The molecule has 118 valence electrons. The number of alkyl halides is 3. The van der Waals surface area contributed by atoms with E-state index in [4.69, 9.17) is 0 Å². The number of rotatable bonds is 3. The van der Waals surface area contributed by atoms with Crippen molar-refractivity contribution in [2.24, 2.45) is 0 Å². The minimum absolute atomic E-state index is 0.0827. The Morgan fingerprint density at radius 1 is 0.913 bits per heavy atom. The molecule has 0 saturated carbocycles. The summed E-state index contributed by atoms with van der Waals surface area (Å²) in [6.07, 6.45) is -5.45. The van der Waals surface area contributed by atoms with Crippen molar-refractivity contribution in [1.82, 2.24) is 9.78 Å². The summed E-state index contributed by atoms with van der Waals surface area (Å²) >= 11 is 0. The van der Waals surface area contributed by atoms with Gasteiger partial charge in [0.2, 0.25) is 0 Å². The summed E-state index contributed by atoms with van der Waals surface area (Å²) in [5, 5.41) is 4.05. The van der Waals surface area contributed by atoms with Crippen molar-refractivity contribution >= 4 is 0 Å². The fourth-order valence-electron chi connectivity index (χ4n) is 2.32. The average Bonchev–Trinajstić information content (AvgIpc) is 2.90. The fraction of sp³-hybridized carbons (Fsp3) is 0.118. The molecule has 0 fully saturated rings. The Kier molecular flexibility index (Phi) is 3.90. The molecule has 0 aliphatic carbocycles. The molecule has 0 aliphatic heterocycles. The molecular formula is C17H12F4N2. The molecule has 0 amide bonds. The Morgan fingerprint density at radius 3 is 2.17 bits per heavy atom. The van der Waals surface area contributed by atoms with Gasteiger partial charge in [0.1, 0.15) is 5.82 Å². The first kappa shape index (κ1) is 15.3. The topological polar surface area (TPSA) is 17.8 Å². The second kappa shape index (κ2) is 5.87. The van der Waals surface area contributed by atoms with E-state index in [-0.39, 0.29) is 5.69 Å². The molecule has 0 bridgehead atoms. The summed E-state index contributed by atoms with van der Waals surface area (Å²) in [4.78, 5) is 0. The number of halogens is 4. The summed E-state index contributed by atoms with van der Waals surface area (Å²) in [6, 6.07) is 15.8. The van der Waals surface area contributed by atoms with E-state index in [1.807, 2.05) is 6.07 Å². The lowest BCUT2D eigenvalue weighted by Gasteiger charge is -2.07. The van der Waals surface area contributed by atoms with Crippen LogP contribution in [0.25, 0.3) is 16.9 Å². The van der Waals surface area contributed by atoms with Crippen LogP contribution in [0.15, 0.2) is 60.7 Å². The van der Waals surface area contributed by atoms with Crippen molar-refractivity contribution in [3.63, 3.8) is 0 Å². The van der Waals surface area contributed by atoms with Crippen LogP contribution in [0.3, 0.4) is 0 Å². The lowest BCUT2D eigenvalue weighted by atomic mass is 10.1. The van der Waals surface area contributed by atoms with Crippen LogP contribution in [-0.2, 0) is 6.42 Å². The molecule has 2 nitrogen and oxygen atoms in total. The van der Waals surface area contributed by atoms with Gasteiger partial charge >= 0.3 is 6.18 Å². The van der Waals surface area contributed by atoms with Crippen LogP contribution in [0.4, 0.5) is 17.6 Å². The Hall–Kier alpha value is -2.63. The first-order valence-corrected chi connectivity index (χ1v) is 6.89. The highest BCUT2D eigenvalue weighted by molar-refractivity contribution is 5.62. The zero-order chi connectivity index (χ0) is 16.4. The predicted molar refractivity (Wildman–Crippen MR) is 78.7 cm³/mol. The lowest BCUT2D eigenvalue weighted by Crippen LogP contribution is -2.12. The van der Waals surface area contributed by atoms with Crippen LogP contribution in [0.5, 0.6) is 0 Å². The summed E-state index contributed by atoms with van der Waals surface area (Å²) in [5.74, 6) is -0.419. The maximum atomic E-state index is 13.1. The SMILES string of the molecule is Fc1ccc(-n2nc(CC(F)(F)F)cc2-c2ccccc2)cc1. The average molecular weight is 320 g/mol. The van der Waals surface area contributed by atoms with Crippen LogP contribution in [0.1, 0.15) is 5.69 Å². The van der Waals surface area contributed by atoms with Gasteiger partial charge in [0, 0.05) is 5.56 Å².